The zero-order chi connectivity index (χ0) is 19.5. The fraction of sp³-hybridized carbons (Fsp3) is 0.667. The fourth-order valence-electron chi connectivity index (χ4n) is 3.34. The van der Waals surface area contributed by atoms with Crippen molar-refractivity contribution in [3.8, 4) is 0 Å². The molecule has 1 fully saturated rings. The SMILES string of the molecule is CC(C)=CCC[C@H](O)/C=C/[C@@H]1[C@@H](C/C=C\CCCC(=O)O)[C@@H](O)C[C@H]1O. The van der Waals surface area contributed by atoms with Crippen molar-refractivity contribution < 1.29 is 25.2 Å². The summed E-state index contributed by atoms with van der Waals surface area (Å²) < 4.78 is 0. The molecule has 5 heteroatoms. The average molecular weight is 366 g/mol. The van der Waals surface area contributed by atoms with Crippen LogP contribution >= 0.6 is 0 Å². The second-order valence-electron chi connectivity index (χ2n) is 7.42. The van der Waals surface area contributed by atoms with Gasteiger partial charge in [-0.1, -0.05) is 36.0 Å². The Morgan fingerprint density at radius 2 is 1.88 bits per heavy atom. The largest absolute Gasteiger partial charge is 0.481 e. The first-order chi connectivity index (χ1) is 12.3. The number of aliphatic hydroxyl groups is 3. The van der Waals surface area contributed by atoms with Gasteiger partial charge in [0, 0.05) is 18.8 Å². The van der Waals surface area contributed by atoms with Gasteiger partial charge in [-0.15, -0.1) is 0 Å². The summed E-state index contributed by atoms with van der Waals surface area (Å²) in [6.07, 6.45) is 11.7. The summed E-state index contributed by atoms with van der Waals surface area (Å²) >= 11 is 0. The van der Waals surface area contributed by atoms with Crippen LogP contribution in [0.2, 0.25) is 0 Å². The van der Waals surface area contributed by atoms with Crippen LogP contribution in [0.4, 0.5) is 0 Å². The zero-order valence-corrected chi connectivity index (χ0v) is 15.9. The summed E-state index contributed by atoms with van der Waals surface area (Å²) in [5, 5.41) is 39.1. The third-order valence-corrected chi connectivity index (χ3v) is 4.82. The number of carboxylic acids is 1. The van der Waals surface area contributed by atoms with E-state index >= 15 is 0 Å². The molecule has 1 rings (SSSR count). The summed E-state index contributed by atoms with van der Waals surface area (Å²) in [7, 11) is 0. The van der Waals surface area contributed by atoms with Gasteiger partial charge in [0.1, 0.15) is 0 Å². The molecule has 0 aliphatic heterocycles. The molecule has 5 atom stereocenters. The van der Waals surface area contributed by atoms with Crippen molar-refractivity contribution in [2.45, 2.75) is 77.1 Å². The lowest BCUT2D eigenvalue weighted by molar-refractivity contribution is -0.137. The van der Waals surface area contributed by atoms with Crippen molar-refractivity contribution in [1.82, 2.24) is 0 Å². The van der Waals surface area contributed by atoms with Gasteiger partial charge >= 0.3 is 5.97 Å². The van der Waals surface area contributed by atoms with Gasteiger partial charge in [-0.2, -0.15) is 0 Å². The molecule has 0 unspecified atom stereocenters. The minimum Gasteiger partial charge on any atom is -0.481 e. The van der Waals surface area contributed by atoms with E-state index in [9.17, 15) is 20.1 Å². The second-order valence-corrected chi connectivity index (χ2v) is 7.42. The molecule has 1 saturated carbocycles. The van der Waals surface area contributed by atoms with Gasteiger partial charge in [0.25, 0.3) is 0 Å². The number of aliphatic hydroxyl groups excluding tert-OH is 3. The maximum Gasteiger partial charge on any atom is 0.303 e. The van der Waals surface area contributed by atoms with E-state index in [1.807, 2.05) is 32.1 Å². The lowest BCUT2D eigenvalue weighted by atomic mass is 9.89. The molecule has 1 aliphatic carbocycles. The van der Waals surface area contributed by atoms with Gasteiger partial charge in [-0.25, -0.2) is 0 Å². The van der Waals surface area contributed by atoms with Gasteiger partial charge in [0.2, 0.25) is 0 Å². The van der Waals surface area contributed by atoms with E-state index in [1.54, 1.807) is 6.08 Å². The summed E-state index contributed by atoms with van der Waals surface area (Å²) in [6, 6.07) is 0. The highest BCUT2D eigenvalue weighted by molar-refractivity contribution is 5.66. The van der Waals surface area contributed by atoms with Gasteiger partial charge in [0.15, 0.2) is 0 Å². The molecular formula is C21H34O5. The van der Waals surface area contributed by atoms with E-state index in [-0.39, 0.29) is 18.3 Å². The Balaban J connectivity index is 2.50. The third-order valence-electron chi connectivity index (χ3n) is 4.82. The Kier molecular flexibility index (Phi) is 10.5. The quantitative estimate of drug-likeness (QED) is 0.332. The molecule has 0 radical (unpaired) electrons. The van der Waals surface area contributed by atoms with Crippen LogP contribution in [0.15, 0.2) is 36.0 Å². The molecule has 0 heterocycles. The Hall–Kier alpha value is -1.43. The van der Waals surface area contributed by atoms with Crippen LogP contribution in [-0.4, -0.2) is 44.7 Å². The topological polar surface area (TPSA) is 98.0 Å². The van der Waals surface area contributed by atoms with Crippen molar-refractivity contribution in [3.05, 3.63) is 36.0 Å². The van der Waals surface area contributed by atoms with Crippen molar-refractivity contribution >= 4 is 5.97 Å². The highest BCUT2D eigenvalue weighted by Gasteiger charge is 2.39. The Morgan fingerprint density at radius 1 is 1.15 bits per heavy atom. The molecule has 0 spiro atoms. The predicted octanol–water partition coefficient (Wildman–Crippen LogP) is 3.21. The van der Waals surface area contributed by atoms with Crippen molar-refractivity contribution in [2.24, 2.45) is 11.8 Å². The Bertz CT molecular complexity index is 505. The van der Waals surface area contributed by atoms with Crippen LogP contribution in [-0.2, 0) is 4.79 Å². The molecule has 0 aromatic carbocycles. The Labute approximate surface area is 156 Å². The highest BCUT2D eigenvalue weighted by atomic mass is 16.4. The monoisotopic (exact) mass is 366 g/mol. The fourth-order valence-corrected chi connectivity index (χ4v) is 3.34. The summed E-state index contributed by atoms with van der Waals surface area (Å²) in [6.45, 7) is 4.05. The van der Waals surface area contributed by atoms with Crippen LogP contribution in [0, 0.1) is 11.8 Å². The predicted molar refractivity (Wildman–Crippen MR) is 103 cm³/mol. The zero-order valence-electron chi connectivity index (χ0n) is 15.9. The molecule has 5 nitrogen and oxygen atoms in total. The molecule has 0 bridgehead atoms. The number of carboxylic acid groups (broad SMARTS) is 1. The number of hydrogen-bond acceptors (Lipinski definition) is 4. The number of aliphatic carboxylic acids is 1. The summed E-state index contributed by atoms with van der Waals surface area (Å²) in [5.74, 6) is -1.05. The molecule has 148 valence electrons. The molecule has 0 saturated heterocycles. The smallest absolute Gasteiger partial charge is 0.303 e. The minimum absolute atomic E-state index is 0.0815. The van der Waals surface area contributed by atoms with Crippen LogP contribution in [0.3, 0.4) is 0 Å². The Morgan fingerprint density at radius 3 is 2.54 bits per heavy atom. The summed E-state index contributed by atoms with van der Waals surface area (Å²) in [5.41, 5.74) is 1.23. The number of rotatable bonds is 11. The van der Waals surface area contributed by atoms with Gasteiger partial charge in [-0.3, -0.25) is 4.79 Å². The van der Waals surface area contributed by atoms with Crippen LogP contribution < -0.4 is 0 Å². The molecule has 26 heavy (non-hydrogen) atoms. The molecule has 0 amide bonds. The molecule has 0 aromatic heterocycles. The lowest BCUT2D eigenvalue weighted by Gasteiger charge is -2.19. The van der Waals surface area contributed by atoms with E-state index < -0.39 is 24.3 Å². The normalized spacial score (nSPS) is 27.3. The van der Waals surface area contributed by atoms with E-state index in [0.29, 0.717) is 32.1 Å². The molecule has 0 aromatic rings. The van der Waals surface area contributed by atoms with E-state index in [2.05, 4.69) is 6.08 Å². The first kappa shape index (κ1) is 22.6. The van der Waals surface area contributed by atoms with Crippen molar-refractivity contribution in [3.63, 3.8) is 0 Å². The molecule has 4 N–H and O–H groups in total. The highest BCUT2D eigenvalue weighted by Crippen LogP contribution is 2.36. The van der Waals surface area contributed by atoms with Crippen LogP contribution in [0.1, 0.15) is 58.8 Å². The maximum absolute atomic E-state index is 10.5. The molecular weight excluding hydrogens is 332 g/mol. The van der Waals surface area contributed by atoms with Crippen LogP contribution in [0.5, 0.6) is 0 Å². The number of allylic oxidation sites excluding steroid dienone is 4. The standard InChI is InChI=1S/C21H34O5/c1-15(2)8-7-9-16(22)12-13-18-17(19(23)14-20(18)24)10-5-3-4-6-11-21(25)26/h3,5,8,12-13,16-20,22-24H,4,6-7,9-11,14H2,1-2H3,(H,25,26)/b5-3-,13-12+/t16-,17+,18+,19-,20+/m0/s1. The number of hydrogen-bond donors (Lipinski definition) is 4. The minimum atomic E-state index is -0.791. The first-order valence-electron chi connectivity index (χ1n) is 9.54. The van der Waals surface area contributed by atoms with E-state index in [0.717, 1.165) is 6.42 Å². The van der Waals surface area contributed by atoms with Gasteiger partial charge < -0.3 is 20.4 Å². The van der Waals surface area contributed by atoms with E-state index in [4.69, 9.17) is 5.11 Å². The van der Waals surface area contributed by atoms with E-state index in [1.165, 1.54) is 5.57 Å². The number of carbonyl (C=O) groups is 1. The van der Waals surface area contributed by atoms with Gasteiger partial charge in [-0.05, 0) is 51.9 Å². The lowest BCUT2D eigenvalue weighted by Crippen LogP contribution is -2.20. The number of unbranched alkanes of at least 4 members (excludes halogenated alkanes) is 1. The first-order valence-corrected chi connectivity index (χ1v) is 9.54. The maximum atomic E-state index is 10.5. The molecule has 1 aliphatic rings. The average Bonchev–Trinajstić information content (AvgIpc) is 2.81. The van der Waals surface area contributed by atoms with Crippen molar-refractivity contribution in [1.29, 1.82) is 0 Å². The van der Waals surface area contributed by atoms with Gasteiger partial charge in [0.05, 0.1) is 18.3 Å². The second kappa shape index (κ2) is 12.0. The third kappa shape index (κ3) is 8.79. The van der Waals surface area contributed by atoms with Crippen LogP contribution in [0.25, 0.3) is 0 Å². The van der Waals surface area contributed by atoms with Crippen molar-refractivity contribution in [2.75, 3.05) is 0 Å². The summed E-state index contributed by atoms with van der Waals surface area (Å²) in [4.78, 5) is 10.5.